The van der Waals surface area contributed by atoms with Gasteiger partial charge >= 0.3 is 0 Å². The molecule has 31 heavy (non-hydrogen) atoms. The third-order valence-corrected chi connectivity index (χ3v) is 6.42. The fourth-order valence-electron chi connectivity index (χ4n) is 3.89. The van der Waals surface area contributed by atoms with Crippen LogP contribution in [0.2, 0.25) is 0 Å². The highest BCUT2D eigenvalue weighted by Crippen LogP contribution is 2.22. The molecule has 2 N–H and O–H groups in total. The van der Waals surface area contributed by atoms with Crippen LogP contribution in [-0.2, 0) is 9.59 Å². The first kappa shape index (κ1) is 23.4. The Hall–Kier alpha value is -2.22. The number of carbonyl (C=O) groups excluding carboxylic acids is 2. The van der Waals surface area contributed by atoms with Crippen LogP contribution in [-0.4, -0.2) is 60.9 Å². The van der Waals surface area contributed by atoms with Crippen LogP contribution in [0.5, 0.6) is 0 Å². The van der Waals surface area contributed by atoms with Crippen molar-refractivity contribution in [3.8, 4) is 0 Å². The Morgan fingerprint density at radius 3 is 2.03 bits per heavy atom. The Morgan fingerprint density at radius 1 is 0.903 bits per heavy atom. The van der Waals surface area contributed by atoms with Gasteiger partial charge in [0, 0.05) is 36.3 Å². The van der Waals surface area contributed by atoms with Gasteiger partial charge in [-0.1, -0.05) is 52.3 Å². The van der Waals surface area contributed by atoms with Gasteiger partial charge in [0.05, 0.1) is 19.1 Å². The molecule has 3 rings (SSSR count). The standard InChI is InChI=1S/C24H31BrN4O2/c1-17-7-6-8-18(2)24(17)27-23(31)16-29-13-11-28(12-14-29)15-22(30)26-19(3)20-9-4-5-10-21(20)25/h4-10,19H,11-16H2,1-3H3,(H,26,30)(H,27,31). The van der Waals surface area contributed by atoms with Crippen molar-refractivity contribution in [1.29, 1.82) is 0 Å². The molecule has 0 radical (unpaired) electrons. The van der Waals surface area contributed by atoms with E-state index < -0.39 is 0 Å². The van der Waals surface area contributed by atoms with Crippen molar-refractivity contribution in [3.05, 3.63) is 63.6 Å². The lowest BCUT2D eigenvalue weighted by atomic mass is 10.1. The number of piperazine rings is 1. The minimum absolute atomic E-state index is 0.00542. The Balaban J connectivity index is 1.41. The average molecular weight is 487 g/mol. The van der Waals surface area contributed by atoms with Crippen molar-refractivity contribution in [3.63, 3.8) is 0 Å². The summed E-state index contributed by atoms with van der Waals surface area (Å²) in [6, 6.07) is 13.9. The summed E-state index contributed by atoms with van der Waals surface area (Å²) in [5.74, 6) is 0.0235. The first-order valence-electron chi connectivity index (χ1n) is 10.7. The van der Waals surface area contributed by atoms with Gasteiger partial charge in [-0.05, 0) is 43.5 Å². The Labute approximate surface area is 193 Å². The number of rotatable bonds is 7. The second-order valence-electron chi connectivity index (χ2n) is 8.18. The van der Waals surface area contributed by atoms with Gasteiger partial charge in [-0.25, -0.2) is 0 Å². The maximum Gasteiger partial charge on any atom is 0.238 e. The van der Waals surface area contributed by atoms with Gasteiger partial charge in [0.25, 0.3) is 0 Å². The van der Waals surface area contributed by atoms with Gasteiger partial charge < -0.3 is 10.6 Å². The lowest BCUT2D eigenvalue weighted by Crippen LogP contribution is -2.51. The smallest absolute Gasteiger partial charge is 0.238 e. The van der Waals surface area contributed by atoms with Crippen LogP contribution in [0.3, 0.4) is 0 Å². The Morgan fingerprint density at radius 2 is 1.45 bits per heavy atom. The zero-order valence-electron chi connectivity index (χ0n) is 18.5. The van der Waals surface area contributed by atoms with E-state index in [-0.39, 0.29) is 17.9 Å². The summed E-state index contributed by atoms with van der Waals surface area (Å²) in [7, 11) is 0. The van der Waals surface area contributed by atoms with Crippen molar-refractivity contribution < 1.29 is 9.59 Å². The van der Waals surface area contributed by atoms with Crippen LogP contribution >= 0.6 is 15.9 Å². The van der Waals surface area contributed by atoms with Crippen molar-refractivity contribution in [2.75, 3.05) is 44.6 Å². The highest BCUT2D eigenvalue weighted by Gasteiger charge is 2.22. The molecule has 0 aliphatic carbocycles. The van der Waals surface area contributed by atoms with E-state index in [1.54, 1.807) is 0 Å². The molecule has 7 heteroatoms. The molecule has 1 heterocycles. The van der Waals surface area contributed by atoms with Crippen LogP contribution in [0.4, 0.5) is 5.69 Å². The summed E-state index contributed by atoms with van der Waals surface area (Å²) in [5.41, 5.74) is 4.11. The topological polar surface area (TPSA) is 64.7 Å². The first-order chi connectivity index (χ1) is 14.8. The normalized spacial score (nSPS) is 16.0. The van der Waals surface area contributed by atoms with E-state index in [0.29, 0.717) is 13.1 Å². The fourth-order valence-corrected chi connectivity index (χ4v) is 4.52. The predicted octanol–water partition coefficient (Wildman–Crippen LogP) is 3.50. The molecule has 1 aliphatic rings. The van der Waals surface area contributed by atoms with Crippen molar-refractivity contribution >= 4 is 33.4 Å². The number of benzene rings is 2. The van der Waals surface area contributed by atoms with Gasteiger partial charge in [0.2, 0.25) is 11.8 Å². The minimum atomic E-state index is -0.0574. The van der Waals surface area contributed by atoms with E-state index in [0.717, 1.165) is 53.0 Å². The average Bonchev–Trinajstić information content (AvgIpc) is 2.72. The van der Waals surface area contributed by atoms with Gasteiger partial charge in [-0.3, -0.25) is 19.4 Å². The van der Waals surface area contributed by atoms with E-state index in [9.17, 15) is 9.59 Å². The monoisotopic (exact) mass is 486 g/mol. The number of anilines is 1. The van der Waals surface area contributed by atoms with Crippen molar-refractivity contribution in [2.24, 2.45) is 0 Å². The summed E-state index contributed by atoms with van der Waals surface area (Å²) in [6.07, 6.45) is 0. The number of aryl methyl sites for hydroxylation is 2. The van der Waals surface area contributed by atoms with E-state index in [2.05, 4.69) is 36.4 Å². The lowest BCUT2D eigenvalue weighted by Gasteiger charge is -2.34. The molecule has 0 saturated carbocycles. The molecule has 166 valence electrons. The molecule has 6 nitrogen and oxygen atoms in total. The second-order valence-corrected chi connectivity index (χ2v) is 9.03. The summed E-state index contributed by atoms with van der Waals surface area (Å²) in [4.78, 5) is 29.3. The van der Waals surface area contributed by atoms with Crippen molar-refractivity contribution in [1.82, 2.24) is 15.1 Å². The molecule has 1 saturated heterocycles. The fraction of sp³-hybridized carbons (Fsp3) is 0.417. The number of carbonyl (C=O) groups is 2. The van der Waals surface area contributed by atoms with Crippen LogP contribution < -0.4 is 10.6 Å². The quantitative estimate of drug-likeness (QED) is 0.628. The predicted molar refractivity (Wildman–Crippen MR) is 128 cm³/mol. The van der Waals surface area contributed by atoms with Gasteiger partial charge in [-0.2, -0.15) is 0 Å². The van der Waals surface area contributed by atoms with Crippen LogP contribution in [0.15, 0.2) is 46.9 Å². The third-order valence-electron chi connectivity index (χ3n) is 5.69. The number of nitrogens with one attached hydrogen (secondary N) is 2. The minimum Gasteiger partial charge on any atom is -0.348 e. The number of hydrogen-bond donors (Lipinski definition) is 2. The van der Waals surface area contributed by atoms with Crippen LogP contribution in [0.25, 0.3) is 0 Å². The summed E-state index contributed by atoms with van der Waals surface area (Å²) in [6.45, 7) is 9.82. The van der Waals surface area contributed by atoms with Gasteiger partial charge in [-0.15, -0.1) is 0 Å². The number of para-hydroxylation sites is 1. The molecule has 2 aromatic rings. The third kappa shape index (κ3) is 6.63. The molecule has 1 unspecified atom stereocenters. The molecular formula is C24H31BrN4O2. The highest BCUT2D eigenvalue weighted by atomic mass is 79.9. The number of hydrogen-bond acceptors (Lipinski definition) is 4. The molecule has 2 amide bonds. The first-order valence-corrected chi connectivity index (χ1v) is 11.5. The molecule has 1 aliphatic heterocycles. The van der Waals surface area contributed by atoms with Crippen molar-refractivity contribution in [2.45, 2.75) is 26.8 Å². The molecule has 2 aromatic carbocycles. The van der Waals surface area contributed by atoms with E-state index in [1.165, 1.54) is 0 Å². The van der Waals surface area contributed by atoms with Gasteiger partial charge in [0.1, 0.15) is 0 Å². The van der Waals surface area contributed by atoms with Gasteiger partial charge in [0.15, 0.2) is 0 Å². The zero-order chi connectivity index (χ0) is 22.4. The molecule has 1 atom stereocenters. The molecule has 0 aromatic heterocycles. The number of amides is 2. The van der Waals surface area contributed by atoms with Crippen LogP contribution in [0, 0.1) is 13.8 Å². The maximum atomic E-state index is 12.5. The number of nitrogens with zero attached hydrogens (tertiary/aromatic N) is 2. The SMILES string of the molecule is Cc1cccc(C)c1NC(=O)CN1CCN(CC(=O)NC(C)c2ccccc2Br)CC1. The zero-order valence-corrected chi connectivity index (χ0v) is 20.0. The van der Waals surface area contributed by atoms with Crippen LogP contribution in [0.1, 0.15) is 29.7 Å². The largest absolute Gasteiger partial charge is 0.348 e. The van der Waals surface area contributed by atoms with E-state index in [4.69, 9.17) is 0 Å². The summed E-state index contributed by atoms with van der Waals surface area (Å²) >= 11 is 3.54. The highest BCUT2D eigenvalue weighted by molar-refractivity contribution is 9.10. The Kier molecular flexibility index (Phi) is 8.23. The molecule has 1 fully saturated rings. The lowest BCUT2D eigenvalue weighted by molar-refractivity contribution is -0.124. The molecule has 0 bridgehead atoms. The van der Waals surface area contributed by atoms with E-state index >= 15 is 0 Å². The maximum absolute atomic E-state index is 12.5. The molecular weight excluding hydrogens is 456 g/mol. The van der Waals surface area contributed by atoms with E-state index in [1.807, 2.05) is 63.2 Å². The number of halogens is 1. The Bertz CT molecular complexity index is 905. The summed E-state index contributed by atoms with van der Waals surface area (Å²) in [5, 5.41) is 6.13. The molecule has 0 spiro atoms. The summed E-state index contributed by atoms with van der Waals surface area (Å²) < 4.78 is 0.996. The second kappa shape index (κ2) is 10.9.